The number of aryl methyl sites for hydroxylation is 2. The highest BCUT2D eigenvalue weighted by atomic mass is 16.2. The lowest BCUT2D eigenvalue weighted by atomic mass is 10.1. The SMILES string of the molecule is Cc1ccc(C(=O)Nc2cccc(Cn3nc4ccccn4c3=O)c2)c(C)c1. The minimum atomic E-state index is -0.194. The van der Waals surface area contributed by atoms with Crippen LogP contribution in [0.4, 0.5) is 5.69 Å². The zero-order valence-corrected chi connectivity index (χ0v) is 15.7. The van der Waals surface area contributed by atoms with Crippen LogP contribution in [0.5, 0.6) is 0 Å². The molecular weight excluding hydrogens is 352 g/mol. The average molecular weight is 372 g/mol. The van der Waals surface area contributed by atoms with Gasteiger partial charge >= 0.3 is 5.69 Å². The fourth-order valence-electron chi connectivity index (χ4n) is 3.26. The summed E-state index contributed by atoms with van der Waals surface area (Å²) in [6.45, 7) is 4.25. The Labute approximate surface area is 162 Å². The number of hydrogen-bond acceptors (Lipinski definition) is 3. The van der Waals surface area contributed by atoms with Crippen molar-refractivity contribution in [3.05, 3.63) is 99.6 Å². The van der Waals surface area contributed by atoms with Crippen LogP contribution >= 0.6 is 0 Å². The predicted octanol–water partition coefficient (Wildman–Crippen LogP) is 3.41. The Morgan fingerprint density at radius 1 is 1.04 bits per heavy atom. The maximum absolute atomic E-state index is 12.6. The number of carbonyl (C=O) groups is 1. The molecule has 140 valence electrons. The molecule has 0 aliphatic heterocycles. The minimum absolute atomic E-state index is 0.153. The number of hydrogen-bond donors (Lipinski definition) is 1. The molecule has 0 saturated carbocycles. The monoisotopic (exact) mass is 372 g/mol. The maximum Gasteiger partial charge on any atom is 0.350 e. The zero-order valence-electron chi connectivity index (χ0n) is 15.7. The molecule has 2 aromatic carbocycles. The number of fused-ring (bicyclic) bond motifs is 1. The van der Waals surface area contributed by atoms with Gasteiger partial charge in [0, 0.05) is 17.4 Å². The number of anilines is 1. The standard InChI is InChI=1S/C22H20N4O2/c1-15-9-10-19(16(2)12-15)21(27)23-18-7-5-6-17(13-18)14-26-22(28)25-11-4-3-8-20(25)24-26/h3-13H,14H2,1-2H3,(H,23,27). The maximum atomic E-state index is 12.6. The van der Waals surface area contributed by atoms with Crippen molar-refractivity contribution in [3.8, 4) is 0 Å². The first-order chi connectivity index (χ1) is 13.5. The summed E-state index contributed by atoms with van der Waals surface area (Å²) in [6, 6.07) is 18.6. The smallest absolute Gasteiger partial charge is 0.322 e. The second kappa shape index (κ2) is 7.15. The van der Waals surface area contributed by atoms with Gasteiger partial charge in [0.05, 0.1) is 6.54 Å². The van der Waals surface area contributed by atoms with Gasteiger partial charge in [0.15, 0.2) is 5.65 Å². The number of amides is 1. The molecule has 28 heavy (non-hydrogen) atoms. The molecular formula is C22H20N4O2. The molecule has 0 saturated heterocycles. The van der Waals surface area contributed by atoms with Gasteiger partial charge < -0.3 is 5.32 Å². The van der Waals surface area contributed by atoms with E-state index in [0.29, 0.717) is 23.4 Å². The molecule has 2 heterocycles. The predicted molar refractivity (Wildman–Crippen MR) is 109 cm³/mol. The van der Waals surface area contributed by atoms with Crippen molar-refractivity contribution in [2.75, 3.05) is 5.32 Å². The summed E-state index contributed by atoms with van der Waals surface area (Å²) in [4.78, 5) is 25.0. The van der Waals surface area contributed by atoms with Crippen LogP contribution in [0.3, 0.4) is 0 Å². The quantitative estimate of drug-likeness (QED) is 0.597. The molecule has 2 aromatic heterocycles. The van der Waals surface area contributed by atoms with Crippen molar-refractivity contribution >= 4 is 17.2 Å². The summed E-state index contributed by atoms with van der Waals surface area (Å²) in [5, 5.41) is 7.28. The van der Waals surface area contributed by atoms with E-state index >= 15 is 0 Å². The topological polar surface area (TPSA) is 68.4 Å². The molecule has 0 radical (unpaired) electrons. The second-order valence-corrected chi connectivity index (χ2v) is 6.84. The summed E-state index contributed by atoms with van der Waals surface area (Å²) >= 11 is 0. The molecule has 0 atom stereocenters. The van der Waals surface area contributed by atoms with Crippen LogP contribution in [-0.2, 0) is 6.54 Å². The van der Waals surface area contributed by atoms with Gasteiger partial charge in [-0.05, 0) is 55.3 Å². The molecule has 1 amide bonds. The van der Waals surface area contributed by atoms with E-state index < -0.39 is 0 Å². The fourth-order valence-corrected chi connectivity index (χ4v) is 3.26. The Morgan fingerprint density at radius 3 is 2.68 bits per heavy atom. The molecule has 0 aliphatic rings. The van der Waals surface area contributed by atoms with Crippen molar-refractivity contribution in [2.45, 2.75) is 20.4 Å². The third kappa shape index (κ3) is 3.44. The number of nitrogens with one attached hydrogen (secondary N) is 1. The lowest BCUT2D eigenvalue weighted by Crippen LogP contribution is -2.21. The fraction of sp³-hybridized carbons (Fsp3) is 0.136. The van der Waals surface area contributed by atoms with Crippen LogP contribution in [0.2, 0.25) is 0 Å². The first kappa shape index (κ1) is 17.7. The summed E-state index contributed by atoms with van der Waals surface area (Å²) in [5.74, 6) is -0.153. The lowest BCUT2D eigenvalue weighted by molar-refractivity contribution is 0.102. The summed E-state index contributed by atoms with van der Waals surface area (Å²) in [7, 11) is 0. The molecule has 4 aromatic rings. The van der Waals surface area contributed by atoms with Gasteiger partial charge in [-0.1, -0.05) is 35.9 Å². The highest BCUT2D eigenvalue weighted by Gasteiger charge is 2.11. The summed E-state index contributed by atoms with van der Waals surface area (Å²) < 4.78 is 2.92. The molecule has 1 N–H and O–H groups in total. The van der Waals surface area contributed by atoms with E-state index in [9.17, 15) is 9.59 Å². The van der Waals surface area contributed by atoms with Crippen molar-refractivity contribution in [2.24, 2.45) is 0 Å². The van der Waals surface area contributed by atoms with Crippen molar-refractivity contribution < 1.29 is 4.79 Å². The lowest BCUT2D eigenvalue weighted by Gasteiger charge is -2.10. The van der Waals surface area contributed by atoms with E-state index in [1.807, 2.05) is 62.4 Å². The van der Waals surface area contributed by atoms with Crippen LogP contribution in [0.1, 0.15) is 27.0 Å². The molecule has 6 nitrogen and oxygen atoms in total. The summed E-state index contributed by atoms with van der Waals surface area (Å²) in [5.41, 5.74) is 4.67. The average Bonchev–Trinajstić information content (AvgIpc) is 2.98. The third-order valence-corrected chi connectivity index (χ3v) is 4.63. The first-order valence-electron chi connectivity index (χ1n) is 9.03. The van der Waals surface area contributed by atoms with Crippen LogP contribution in [0.25, 0.3) is 5.65 Å². The van der Waals surface area contributed by atoms with Crippen LogP contribution in [0, 0.1) is 13.8 Å². The van der Waals surface area contributed by atoms with E-state index in [0.717, 1.165) is 16.7 Å². The third-order valence-electron chi connectivity index (χ3n) is 4.63. The Kier molecular flexibility index (Phi) is 4.53. The van der Waals surface area contributed by atoms with Crippen LogP contribution < -0.4 is 11.0 Å². The van der Waals surface area contributed by atoms with Gasteiger partial charge in [0.25, 0.3) is 5.91 Å². The van der Waals surface area contributed by atoms with Crippen molar-refractivity contribution in [3.63, 3.8) is 0 Å². The highest BCUT2D eigenvalue weighted by Crippen LogP contribution is 2.16. The number of rotatable bonds is 4. The highest BCUT2D eigenvalue weighted by molar-refractivity contribution is 6.05. The number of pyridine rings is 1. The van der Waals surface area contributed by atoms with Gasteiger partial charge in [-0.25, -0.2) is 9.48 Å². The van der Waals surface area contributed by atoms with Gasteiger partial charge in [-0.3, -0.25) is 9.20 Å². The van der Waals surface area contributed by atoms with E-state index in [1.54, 1.807) is 18.3 Å². The van der Waals surface area contributed by atoms with E-state index in [1.165, 1.54) is 9.08 Å². The normalized spacial score (nSPS) is 10.9. The van der Waals surface area contributed by atoms with Gasteiger partial charge in [0.1, 0.15) is 0 Å². The largest absolute Gasteiger partial charge is 0.350 e. The van der Waals surface area contributed by atoms with Crippen LogP contribution in [-0.4, -0.2) is 20.1 Å². The van der Waals surface area contributed by atoms with E-state index in [4.69, 9.17) is 0 Å². The summed E-state index contributed by atoms with van der Waals surface area (Å²) in [6.07, 6.45) is 1.70. The zero-order chi connectivity index (χ0) is 19.7. The Hall–Kier alpha value is -3.67. The number of aromatic nitrogens is 3. The van der Waals surface area contributed by atoms with Gasteiger partial charge in [-0.15, -0.1) is 5.10 Å². The number of nitrogens with zero attached hydrogens (tertiary/aromatic N) is 3. The van der Waals surface area contributed by atoms with Gasteiger partial charge in [-0.2, -0.15) is 0 Å². The second-order valence-electron chi connectivity index (χ2n) is 6.84. The Bertz CT molecular complexity index is 1240. The number of benzene rings is 2. The van der Waals surface area contributed by atoms with Crippen molar-refractivity contribution in [1.29, 1.82) is 0 Å². The van der Waals surface area contributed by atoms with E-state index in [-0.39, 0.29) is 11.6 Å². The Balaban J connectivity index is 1.56. The van der Waals surface area contributed by atoms with Crippen molar-refractivity contribution in [1.82, 2.24) is 14.2 Å². The molecule has 0 aliphatic carbocycles. The molecule has 0 bridgehead atoms. The first-order valence-corrected chi connectivity index (χ1v) is 9.03. The molecule has 0 unspecified atom stereocenters. The Morgan fingerprint density at radius 2 is 1.89 bits per heavy atom. The molecule has 0 spiro atoms. The molecule has 4 rings (SSSR count). The van der Waals surface area contributed by atoms with Crippen LogP contribution in [0.15, 0.2) is 71.7 Å². The molecule has 6 heteroatoms. The van der Waals surface area contributed by atoms with Gasteiger partial charge in [0.2, 0.25) is 0 Å². The van der Waals surface area contributed by atoms with E-state index in [2.05, 4.69) is 10.4 Å². The minimum Gasteiger partial charge on any atom is -0.322 e. The molecule has 0 fully saturated rings. The number of carbonyl (C=O) groups excluding carboxylic acids is 1.